The molecule has 116 valence electrons. The van der Waals surface area contributed by atoms with Crippen LogP contribution in [0.5, 0.6) is 0 Å². The first-order chi connectivity index (χ1) is 9.57. The molecule has 1 rings (SSSR count). The summed E-state index contributed by atoms with van der Waals surface area (Å²) >= 11 is 0. The summed E-state index contributed by atoms with van der Waals surface area (Å²) < 4.78 is 0. The van der Waals surface area contributed by atoms with E-state index >= 15 is 0 Å². The third-order valence-corrected chi connectivity index (χ3v) is 4.39. The average Bonchev–Trinajstić information content (AvgIpc) is 2.79. The van der Waals surface area contributed by atoms with Gasteiger partial charge in [-0.15, -0.1) is 0 Å². The predicted octanol–water partition coefficient (Wildman–Crippen LogP) is 3.45. The molecule has 2 atom stereocenters. The van der Waals surface area contributed by atoms with Crippen molar-refractivity contribution in [2.45, 2.75) is 77.7 Å². The van der Waals surface area contributed by atoms with Gasteiger partial charge >= 0.3 is 5.97 Å². The smallest absolute Gasteiger partial charge is 0.308 e. The normalized spacial score (nSPS) is 22.2. The van der Waals surface area contributed by atoms with Gasteiger partial charge < -0.3 is 10.0 Å². The summed E-state index contributed by atoms with van der Waals surface area (Å²) in [6.45, 7) is 4.67. The molecule has 0 aromatic rings. The van der Waals surface area contributed by atoms with Gasteiger partial charge in [-0.25, -0.2) is 0 Å². The second-order valence-electron chi connectivity index (χ2n) is 5.93. The van der Waals surface area contributed by atoms with E-state index < -0.39 is 5.97 Å². The molecular formula is C16H29NO3. The summed E-state index contributed by atoms with van der Waals surface area (Å²) in [6.07, 6.45) is 9.56. The van der Waals surface area contributed by atoms with Crippen molar-refractivity contribution in [3.05, 3.63) is 0 Å². The monoisotopic (exact) mass is 283 g/mol. The molecule has 20 heavy (non-hydrogen) atoms. The number of carbonyl (C=O) groups is 2. The van der Waals surface area contributed by atoms with E-state index in [1.165, 1.54) is 32.1 Å². The molecule has 1 heterocycles. The standard InChI is InChI=1S/C16H29NO3/c1-3-4-5-6-7-8-9-10-15(18)17-12-11-14(13(17)2)16(19)20/h13-14H,3-12H2,1-2H3,(H,19,20). The average molecular weight is 283 g/mol. The number of aliphatic carboxylic acids is 1. The van der Waals surface area contributed by atoms with Crippen LogP contribution in [0.15, 0.2) is 0 Å². The number of likely N-dealkylation sites (tertiary alicyclic amines) is 1. The lowest BCUT2D eigenvalue weighted by atomic mass is 10.0. The highest BCUT2D eigenvalue weighted by Gasteiger charge is 2.37. The Labute approximate surface area is 122 Å². The van der Waals surface area contributed by atoms with E-state index in [0.717, 1.165) is 12.8 Å². The highest BCUT2D eigenvalue weighted by Crippen LogP contribution is 2.25. The van der Waals surface area contributed by atoms with Crippen molar-refractivity contribution in [2.75, 3.05) is 6.54 Å². The first-order valence-corrected chi connectivity index (χ1v) is 8.10. The number of carbonyl (C=O) groups excluding carboxylic acids is 1. The van der Waals surface area contributed by atoms with Crippen LogP contribution in [0.25, 0.3) is 0 Å². The minimum Gasteiger partial charge on any atom is -0.481 e. The number of unbranched alkanes of at least 4 members (excludes halogenated alkanes) is 6. The first kappa shape index (κ1) is 17.0. The topological polar surface area (TPSA) is 57.6 Å². The molecule has 0 aromatic heterocycles. The van der Waals surface area contributed by atoms with Crippen LogP contribution in [-0.4, -0.2) is 34.5 Å². The molecule has 0 aromatic carbocycles. The number of hydrogen-bond acceptors (Lipinski definition) is 2. The van der Waals surface area contributed by atoms with Gasteiger partial charge in [0.05, 0.1) is 5.92 Å². The lowest BCUT2D eigenvalue weighted by Gasteiger charge is -2.23. The van der Waals surface area contributed by atoms with E-state index in [1.54, 1.807) is 4.90 Å². The third kappa shape index (κ3) is 5.14. The molecule has 2 unspecified atom stereocenters. The van der Waals surface area contributed by atoms with Crippen molar-refractivity contribution in [2.24, 2.45) is 5.92 Å². The van der Waals surface area contributed by atoms with Gasteiger partial charge in [-0.2, -0.15) is 0 Å². The van der Waals surface area contributed by atoms with Crippen LogP contribution in [0.1, 0.15) is 71.6 Å². The second kappa shape index (κ2) is 8.98. The molecular weight excluding hydrogens is 254 g/mol. The van der Waals surface area contributed by atoms with E-state index in [0.29, 0.717) is 19.4 Å². The Kier molecular flexibility index (Phi) is 7.63. The van der Waals surface area contributed by atoms with E-state index in [1.807, 2.05) is 6.92 Å². The first-order valence-electron chi connectivity index (χ1n) is 8.10. The Morgan fingerprint density at radius 2 is 1.70 bits per heavy atom. The molecule has 0 radical (unpaired) electrons. The van der Waals surface area contributed by atoms with Gasteiger partial charge in [0.2, 0.25) is 5.91 Å². The zero-order valence-electron chi connectivity index (χ0n) is 12.9. The number of carboxylic acids is 1. The largest absolute Gasteiger partial charge is 0.481 e. The van der Waals surface area contributed by atoms with Crippen molar-refractivity contribution in [1.29, 1.82) is 0 Å². The van der Waals surface area contributed by atoms with E-state index in [9.17, 15) is 9.59 Å². The van der Waals surface area contributed by atoms with Crippen LogP contribution in [0.2, 0.25) is 0 Å². The molecule has 1 amide bonds. The van der Waals surface area contributed by atoms with Crippen molar-refractivity contribution in [3.8, 4) is 0 Å². The quantitative estimate of drug-likeness (QED) is 0.659. The molecule has 0 spiro atoms. The highest BCUT2D eigenvalue weighted by atomic mass is 16.4. The molecule has 4 heteroatoms. The number of rotatable bonds is 9. The highest BCUT2D eigenvalue weighted by molar-refractivity contribution is 5.79. The molecule has 0 aliphatic carbocycles. The van der Waals surface area contributed by atoms with Crippen molar-refractivity contribution in [3.63, 3.8) is 0 Å². The molecule has 1 saturated heterocycles. The summed E-state index contributed by atoms with van der Waals surface area (Å²) in [4.78, 5) is 24.9. The summed E-state index contributed by atoms with van der Waals surface area (Å²) in [6, 6.07) is -0.149. The van der Waals surface area contributed by atoms with Crippen LogP contribution in [0.4, 0.5) is 0 Å². The molecule has 1 N–H and O–H groups in total. The number of amides is 1. The van der Waals surface area contributed by atoms with Gasteiger partial charge in [0.25, 0.3) is 0 Å². The van der Waals surface area contributed by atoms with Crippen LogP contribution in [-0.2, 0) is 9.59 Å². The van der Waals surface area contributed by atoms with E-state index in [-0.39, 0.29) is 17.9 Å². The zero-order chi connectivity index (χ0) is 15.0. The maximum Gasteiger partial charge on any atom is 0.308 e. The Balaban J connectivity index is 2.16. The Hall–Kier alpha value is -1.06. The predicted molar refractivity (Wildman–Crippen MR) is 79.5 cm³/mol. The minimum atomic E-state index is -0.774. The van der Waals surface area contributed by atoms with Gasteiger partial charge in [-0.3, -0.25) is 9.59 Å². The number of hydrogen-bond donors (Lipinski definition) is 1. The fourth-order valence-electron chi connectivity index (χ4n) is 3.00. The molecule has 1 aliphatic heterocycles. The van der Waals surface area contributed by atoms with E-state index in [4.69, 9.17) is 5.11 Å². The van der Waals surface area contributed by atoms with Crippen molar-refractivity contribution in [1.82, 2.24) is 4.90 Å². The van der Waals surface area contributed by atoms with Gasteiger partial charge in [-0.1, -0.05) is 45.4 Å². The third-order valence-electron chi connectivity index (χ3n) is 4.39. The Morgan fingerprint density at radius 1 is 1.10 bits per heavy atom. The zero-order valence-corrected chi connectivity index (χ0v) is 12.9. The molecule has 4 nitrogen and oxygen atoms in total. The number of nitrogens with zero attached hydrogens (tertiary/aromatic N) is 1. The summed E-state index contributed by atoms with van der Waals surface area (Å²) in [5, 5.41) is 9.06. The van der Waals surface area contributed by atoms with E-state index in [2.05, 4.69) is 6.92 Å². The maximum atomic E-state index is 12.1. The van der Waals surface area contributed by atoms with Gasteiger partial charge in [0.15, 0.2) is 0 Å². The minimum absolute atomic E-state index is 0.134. The van der Waals surface area contributed by atoms with Crippen LogP contribution in [0.3, 0.4) is 0 Å². The lowest BCUT2D eigenvalue weighted by Crippen LogP contribution is -2.37. The van der Waals surface area contributed by atoms with Gasteiger partial charge in [0.1, 0.15) is 0 Å². The fraction of sp³-hybridized carbons (Fsp3) is 0.875. The maximum absolute atomic E-state index is 12.1. The Bertz CT molecular complexity index is 317. The SMILES string of the molecule is CCCCCCCCCC(=O)N1CCC(C(=O)O)C1C. The van der Waals surface area contributed by atoms with Crippen molar-refractivity contribution < 1.29 is 14.7 Å². The molecule has 0 bridgehead atoms. The van der Waals surface area contributed by atoms with Crippen LogP contribution >= 0.6 is 0 Å². The van der Waals surface area contributed by atoms with Crippen LogP contribution in [0, 0.1) is 5.92 Å². The Morgan fingerprint density at radius 3 is 2.25 bits per heavy atom. The molecule has 1 fully saturated rings. The number of carboxylic acid groups (broad SMARTS) is 1. The van der Waals surface area contributed by atoms with Crippen molar-refractivity contribution >= 4 is 11.9 Å². The van der Waals surface area contributed by atoms with Crippen LogP contribution < -0.4 is 0 Å². The van der Waals surface area contributed by atoms with Gasteiger partial charge in [0, 0.05) is 19.0 Å². The second-order valence-corrected chi connectivity index (χ2v) is 5.93. The summed E-state index contributed by atoms with van der Waals surface area (Å²) in [7, 11) is 0. The summed E-state index contributed by atoms with van der Waals surface area (Å²) in [5.41, 5.74) is 0. The molecule has 0 saturated carbocycles. The lowest BCUT2D eigenvalue weighted by molar-refractivity contribution is -0.143. The molecule has 1 aliphatic rings. The summed E-state index contributed by atoms with van der Waals surface area (Å²) in [5.74, 6) is -1.02. The van der Waals surface area contributed by atoms with Gasteiger partial charge in [-0.05, 0) is 19.8 Å². The fourth-order valence-corrected chi connectivity index (χ4v) is 3.00.